The number of pyridine rings is 1. The fraction of sp³-hybridized carbons (Fsp3) is 0.538. The smallest absolute Gasteiger partial charge is 0.214 e. The lowest BCUT2D eigenvalue weighted by molar-refractivity contribution is 0.209. The van der Waals surface area contributed by atoms with Crippen molar-refractivity contribution in [3.63, 3.8) is 0 Å². The third-order valence-electron chi connectivity index (χ3n) is 3.52. The summed E-state index contributed by atoms with van der Waals surface area (Å²) in [4.78, 5) is 5.92. The van der Waals surface area contributed by atoms with E-state index < -0.39 is 10.0 Å². The van der Waals surface area contributed by atoms with Gasteiger partial charge in [-0.15, -0.1) is 0 Å². The minimum atomic E-state index is -3.23. The second kappa shape index (κ2) is 6.97. The Morgan fingerprint density at radius 3 is 2.43 bits per heavy atom. The number of nitrogens with one attached hydrogen (secondary N) is 1. The fourth-order valence-corrected chi connectivity index (χ4v) is 3.80. The third kappa shape index (κ3) is 4.76. The Bertz CT molecular complexity index is 567. The van der Waals surface area contributed by atoms with Crippen LogP contribution < -0.4 is 5.73 Å². The quantitative estimate of drug-likeness (QED) is 0.545. The molecule has 3 N–H and O–H groups in total. The molecule has 0 aliphatic carbocycles. The molecule has 116 valence electrons. The third-order valence-corrected chi connectivity index (χ3v) is 5.39. The van der Waals surface area contributed by atoms with Gasteiger partial charge in [0.25, 0.3) is 0 Å². The molecule has 7 nitrogen and oxygen atoms in total. The zero-order valence-electron chi connectivity index (χ0n) is 11.9. The molecule has 0 saturated carbocycles. The molecule has 0 spiro atoms. The van der Waals surface area contributed by atoms with Gasteiger partial charge >= 0.3 is 0 Å². The molecule has 2 rings (SSSR count). The van der Waals surface area contributed by atoms with Crippen LogP contribution in [0.1, 0.15) is 5.56 Å². The second-order valence-electron chi connectivity index (χ2n) is 5.12. The van der Waals surface area contributed by atoms with Crippen LogP contribution >= 0.6 is 0 Å². The zero-order valence-corrected chi connectivity index (χ0v) is 12.7. The van der Waals surface area contributed by atoms with Crippen LogP contribution in [0.2, 0.25) is 0 Å². The summed E-state index contributed by atoms with van der Waals surface area (Å²) in [6.45, 7) is 2.57. The van der Waals surface area contributed by atoms with Gasteiger partial charge in [-0.05, 0) is 24.1 Å². The molecule has 1 aliphatic rings. The molecule has 1 saturated heterocycles. The average molecular weight is 311 g/mol. The first kappa shape index (κ1) is 15.9. The summed E-state index contributed by atoms with van der Waals surface area (Å²) in [6.07, 6.45) is 3.84. The number of hydrogen-bond donors (Lipinski definition) is 2. The molecule has 1 aliphatic heterocycles. The van der Waals surface area contributed by atoms with E-state index in [1.807, 2.05) is 17.0 Å². The molecule has 8 heteroatoms. The predicted octanol–water partition coefficient (Wildman–Crippen LogP) is -0.493. The number of hydrogen-bond acceptors (Lipinski definition) is 5. The largest absolute Gasteiger partial charge is 0.387 e. The second-order valence-corrected chi connectivity index (χ2v) is 7.21. The van der Waals surface area contributed by atoms with E-state index >= 15 is 0 Å². The molecule has 0 radical (unpaired) electrons. The van der Waals surface area contributed by atoms with E-state index in [0.717, 1.165) is 5.56 Å². The highest BCUT2D eigenvalue weighted by Gasteiger charge is 2.26. The first-order valence-corrected chi connectivity index (χ1v) is 8.50. The highest BCUT2D eigenvalue weighted by molar-refractivity contribution is 7.89. The molecular formula is C13H21N5O2S. The highest BCUT2D eigenvalue weighted by atomic mass is 32.2. The first-order chi connectivity index (χ1) is 9.97. The minimum absolute atomic E-state index is 0.115. The molecule has 1 fully saturated rings. The van der Waals surface area contributed by atoms with Crippen LogP contribution in [0, 0.1) is 5.41 Å². The molecule has 0 amide bonds. The number of rotatable bonds is 6. The van der Waals surface area contributed by atoms with Crippen molar-refractivity contribution in [3.05, 3.63) is 30.1 Å². The molecule has 1 aromatic heterocycles. The molecule has 2 heterocycles. The number of amidine groups is 1. The summed E-state index contributed by atoms with van der Waals surface area (Å²) in [5.74, 6) is 0.230. The zero-order chi connectivity index (χ0) is 15.3. The Hall–Kier alpha value is -1.51. The van der Waals surface area contributed by atoms with Gasteiger partial charge in [0.15, 0.2) is 0 Å². The van der Waals surface area contributed by atoms with E-state index in [-0.39, 0.29) is 11.6 Å². The van der Waals surface area contributed by atoms with Crippen LogP contribution in [0.4, 0.5) is 0 Å². The Balaban J connectivity index is 1.85. The van der Waals surface area contributed by atoms with Crippen LogP contribution in [0.15, 0.2) is 24.5 Å². The van der Waals surface area contributed by atoms with E-state index in [4.69, 9.17) is 11.1 Å². The van der Waals surface area contributed by atoms with Crippen LogP contribution in [-0.4, -0.2) is 66.9 Å². The summed E-state index contributed by atoms with van der Waals surface area (Å²) < 4.78 is 26.2. The van der Waals surface area contributed by atoms with Crippen molar-refractivity contribution in [2.45, 2.75) is 6.42 Å². The van der Waals surface area contributed by atoms with Gasteiger partial charge in [0.1, 0.15) is 5.84 Å². The Labute approximate surface area is 125 Å². The number of aryl methyl sites for hydroxylation is 1. The summed E-state index contributed by atoms with van der Waals surface area (Å²) in [6, 6.07) is 3.67. The van der Waals surface area contributed by atoms with Gasteiger partial charge in [-0.2, -0.15) is 4.31 Å². The maximum atomic E-state index is 12.3. The molecule has 0 aromatic carbocycles. The van der Waals surface area contributed by atoms with Crippen LogP contribution in [0.25, 0.3) is 0 Å². The van der Waals surface area contributed by atoms with Crippen molar-refractivity contribution >= 4 is 15.9 Å². The molecule has 0 atom stereocenters. The van der Waals surface area contributed by atoms with E-state index in [1.165, 1.54) is 4.31 Å². The number of piperazine rings is 1. The molecular weight excluding hydrogens is 290 g/mol. The van der Waals surface area contributed by atoms with Crippen molar-refractivity contribution in [1.29, 1.82) is 5.41 Å². The van der Waals surface area contributed by atoms with E-state index in [9.17, 15) is 8.42 Å². The lowest BCUT2D eigenvalue weighted by Gasteiger charge is -2.33. The maximum absolute atomic E-state index is 12.3. The average Bonchev–Trinajstić information content (AvgIpc) is 2.46. The van der Waals surface area contributed by atoms with Gasteiger partial charge in [-0.3, -0.25) is 15.3 Å². The topological polar surface area (TPSA) is 103 Å². The van der Waals surface area contributed by atoms with Crippen LogP contribution in [-0.2, 0) is 16.4 Å². The Morgan fingerprint density at radius 1 is 1.24 bits per heavy atom. The Kier molecular flexibility index (Phi) is 5.27. The first-order valence-electron chi connectivity index (χ1n) is 6.89. The summed E-state index contributed by atoms with van der Waals surface area (Å²) in [5.41, 5.74) is 6.34. The van der Waals surface area contributed by atoms with Gasteiger partial charge in [-0.1, -0.05) is 0 Å². The van der Waals surface area contributed by atoms with E-state index in [0.29, 0.717) is 39.1 Å². The highest BCUT2D eigenvalue weighted by Crippen LogP contribution is 2.10. The van der Waals surface area contributed by atoms with Gasteiger partial charge in [0.05, 0.1) is 12.3 Å². The van der Waals surface area contributed by atoms with Gasteiger partial charge in [0, 0.05) is 38.6 Å². The molecule has 0 unspecified atom stereocenters. The predicted molar refractivity (Wildman–Crippen MR) is 81.7 cm³/mol. The van der Waals surface area contributed by atoms with Gasteiger partial charge in [-0.25, -0.2) is 8.42 Å². The summed E-state index contributed by atoms with van der Waals surface area (Å²) in [7, 11) is -3.23. The number of nitrogens with two attached hydrogens (primary N) is 1. The maximum Gasteiger partial charge on any atom is 0.214 e. The van der Waals surface area contributed by atoms with Crippen molar-refractivity contribution in [2.75, 3.05) is 38.5 Å². The number of sulfonamides is 1. The SMILES string of the molecule is N=C(N)CN1CCN(S(=O)(=O)CCc2ccncc2)CC1. The van der Waals surface area contributed by atoms with Gasteiger partial charge < -0.3 is 5.73 Å². The number of nitrogens with zero attached hydrogens (tertiary/aromatic N) is 3. The van der Waals surface area contributed by atoms with Crippen molar-refractivity contribution in [3.8, 4) is 0 Å². The van der Waals surface area contributed by atoms with Crippen LogP contribution in [0.3, 0.4) is 0 Å². The van der Waals surface area contributed by atoms with Crippen molar-refractivity contribution in [2.24, 2.45) is 5.73 Å². The monoisotopic (exact) mass is 311 g/mol. The summed E-state index contributed by atoms with van der Waals surface area (Å²) >= 11 is 0. The normalized spacial score (nSPS) is 17.7. The Morgan fingerprint density at radius 2 is 1.86 bits per heavy atom. The van der Waals surface area contributed by atoms with Gasteiger partial charge in [0.2, 0.25) is 10.0 Å². The standard InChI is InChI=1S/C13H21N5O2S/c14-13(15)11-17-6-8-18(9-7-17)21(19,20)10-3-12-1-4-16-5-2-12/h1-2,4-5H,3,6-11H2,(H3,14,15). The molecule has 0 bridgehead atoms. The van der Waals surface area contributed by atoms with Crippen molar-refractivity contribution < 1.29 is 8.42 Å². The fourth-order valence-electron chi connectivity index (χ4n) is 2.33. The number of aromatic nitrogens is 1. The van der Waals surface area contributed by atoms with E-state index in [1.54, 1.807) is 12.4 Å². The molecule has 21 heavy (non-hydrogen) atoms. The molecule has 1 aromatic rings. The van der Waals surface area contributed by atoms with E-state index in [2.05, 4.69) is 4.98 Å². The lowest BCUT2D eigenvalue weighted by atomic mass is 10.2. The lowest BCUT2D eigenvalue weighted by Crippen LogP contribution is -2.51. The summed E-state index contributed by atoms with van der Waals surface area (Å²) in [5, 5.41) is 7.26. The van der Waals surface area contributed by atoms with Crippen molar-refractivity contribution in [1.82, 2.24) is 14.2 Å². The van der Waals surface area contributed by atoms with Crippen LogP contribution in [0.5, 0.6) is 0 Å². The minimum Gasteiger partial charge on any atom is -0.387 e.